The molecule has 0 nitrogen and oxygen atoms in total. The topological polar surface area (TPSA) is 0 Å². The van der Waals surface area contributed by atoms with Gasteiger partial charge in [0.15, 0.2) is 0 Å². The molecule has 0 spiro atoms. The van der Waals surface area contributed by atoms with Gasteiger partial charge in [0.05, 0.1) is 0 Å². The number of hydrogen-bond acceptors (Lipinski definition) is 4. The van der Waals surface area contributed by atoms with Gasteiger partial charge in [-0.2, -0.15) is 0 Å². The molecule has 0 aromatic carbocycles. The maximum absolute atomic E-state index is 2.16. The molecular weight excluding hydrogens is 564 g/mol. The third-order valence-corrected chi connectivity index (χ3v) is 50.2. The van der Waals surface area contributed by atoms with E-state index in [2.05, 4.69) is 47.0 Å². The number of fused-ring (bicyclic) bond motifs is 1. The van der Waals surface area contributed by atoms with Gasteiger partial charge in [0, 0.05) is 0 Å². The van der Waals surface area contributed by atoms with Crippen molar-refractivity contribution in [3.05, 3.63) is 28.6 Å². The summed E-state index contributed by atoms with van der Waals surface area (Å²) < 4.78 is 1.96. The molecule has 96 valence electrons. The van der Waals surface area contributed by atoms with Crippen LogP contribution in [0.4, 0.5) is 0 Å². The molecule has 0 unspecified atom stereocenters. The van der Waals surface area contributed by atoms with Gasteiger partial charge in [-0.25, -0.2) is 0 Å². The Bertz CT molecular complexity index is 454. The Hall–Kier alpha value is 2.70. The van der Waals surface area contributed by atoms with Crippen molar-refractivity contribution in [3.63, 3.8) is 0 Å². The number of rotatable bonds is 0. The first-order valence-electron chi connectivity index (χ1n) is 5.38. The summed E-state index contributed by atoms with van der Waals surface area (Å²) in [5, 5.41) is 0. The van der Waals surface area contributed by atoms with Gasteiger partial charge >= 0.3 is 147 Å². The Labute approximate surface area is 145 Å². The first-order valence-corrected chi connectivity index (χ1v) is 24.0. The molecule has 0 saturated carbocycles. The molecule has 18 heavy (non-hydrogen) atoms. The van der Waals surface area contributed by atoms with E-state index < -0.39 is 0 Å². The minimum atomic E-state index is 0.911. The molecule has 0 atom stereocenters. The Kier molecular flexibility index (Phi) is 5.12. The molecule has 1 aliphatic carbocycles. The summed E-state index contributed by atoms with van der Waals surface area (Å²) in [5.74, 6) is 5.29. The van der Waals surface area contributed by atoms with Crippen LogP contribution in [0.15, 0.2) is 28.6 Å². The zero-order valence-electron chi connectivity index (χ0n) is 9.09. The van der Waals surface area contributed by atoms with E-state index in [1.165, 1.54) is 23.0 Å². The van der Waals surface area contributed by atoms with Crippen molar-refractivity contribution in [2.75, 3.05) is 23.0 Å². The molecule has 3 aliphatic heterocycles. The summed E-state index contributed by atoms with van der Waals surface area (Å²) in [4.78, 5) is 6.79. The second-order valence-corrected chi connectivity index (χ2v) is 34.4. The molecule has 8 heteroatoms. The van der Waals surface area contributed by atoms with Crippen LogP contribution >= 0.6 is 47.0 Å². The van der Waals surface area contributed by atoms with Crippen LogP contribution in [0.3, 0.4) is 0 Å². The third kappa shape index (κ3) is 2.57. The normalized spacial score (nSPS) is 28.0. The zero-order valence-corrected chi connectivity index (χ0v) is 19.2. The van der Waals surface area contributed by atoms with Crippen LogP contribution in [0.5, 0.6) is 0 Å². The van der Waals surface area contributed by atoms with Crippen molar-refractivity contribution >= 4 is 95.9 Å². The fraction of sp³-hybridized carbons (Fsp3) is 0.400. The maximum atomic E-state index is 2.16. The minimum absolute atomic E-state index is 0.911. The van der Waals surface area contributed by atoms with Gasteiger partial charge in [-0.15, -0.1) is 0 Å². The average Bonchev–Trinajstić information content (AvgIpc) is 3.03. The molecule has 0 amide bonds. The van der Waals surface area contributed by atoms with E-state index >= 15 is 0 Å². The van der Waals surface area contributed by atoms with Gasteiger partial charge in [0.2, 0.25) is 0 Å². The summed E-state index contributed by atoms with van der Waals surface area (Å²) in [5.41, 5.74) is 1.79. The van der Waals surface area contributed by atoms with Crippen molar-refractivity contribution < 1.29 is 0 Å². The molecule has 0 radical (unpaired) electrons. The van der Waals surface area contributed by atoms with Crippen LogP contribution in [0.25, 0.3) is 0 Å². The van der Waals surface area contributed by atoms with Gasteiger partial charge in [-0.05, 0) is 0 Å². The van der Waals surface area contributed by atoms with Crippen LogP contribution in [-0.4, -0.2) is 71.9 Å². The fourth-order valence-electron chi connectivity index (χ4n) is 2.02. The quantitative estimate of drug-likeness (QED) is 0.409. The Balaban J connectivity index is 1.87. The zero-order chi connectivity index (χ0) is 11.9. The van der Waals surface area contributed by atoms with Crippen molar-refractivity contribution in [2.24, 2.45) is 0 Å². The molecule has 1 fully saturated rings. The number of thioether (sulfide) groups is 4. The Morgan fingerprint density at radius 1 is 0.611 bits per heavy atom. The van der Waals surface area contributed by atoms with E-state index in [-0.39, 0.29) is 0 Å². The predicted molar refractivity (Wildman–Crippen MR) is 93.9 cm³/mol. The molecule has 0 aromatic rings. The molecule has 4 aliphatic rings. The third-order valence-electron chi connectivity index (χ3n) is 2.68. The van der Waals surface area contributed by atoms with E-state index in [4.69, 9.17) is 0 Å². The first kappa shape index (κ1) is 14.3. The van der Waals surface area contributed by atoms with Gasteiger partial charge in [-0.3, -0.25) is 0 Å². The molecule has 0 N–H and O–H groups in total. The van der Waals surface area contributed by atoms with Crippen molar-refractivity contribution in [3.8, 4) is 0 Å². The summed E-state index contributed by atoms with van der Waals surface area (Å²) in [7, 11) is 0. The Morgan fingerprint density at radius 3 is 1.56 bits per heavy atom. The monoisotopic (exact) mass is 576 g/mol. The number of hydrogen-bond donors (Lipinski definition) is 0. The van der Waals surface area contributed by atoms with Crippen LogP contribution in [0.1, 0.15) is 0 Å². The van der Waals surface area contributed by atoms with E-state index in [0.717, 1.165) is 48.9 Å². The SMILES string of the molecule is C1CSC2=C(S1)C1=C(SCCS1)C2=C1[Se][Se][Se][Se]1. The van der Waals surface area contributed by atoms with E-state index in [0.29, 0.717) is 0 Å². The van der Waals surface area contributed by atoms with Crippen LogP contribution < -0.4 is 0 Å². The summed E-state index contributed by atoms with van der Waals surface area (Å²) in [6.07, 6.45) is 0. The van der Waals surface area contributed by atoms with Gasteiger partial charge in [0.1, 0.15) is 0 Å². The van der Waals surface area contributed by atoms with Gasteiger partial charge < -0.3 is 0 Å². The van der Waals surface area contributed by atoms with Crippen LogP contribution in [-0.2, 0) is 0 Å². The van der Waals surface area contributed by atoms with Crippen molar-refractivity contribution in [1.29, 1.82) is 0 Å². The second-order valence-electron chi connectivity index (χ2n) is 3.68. The van der Waals surface area contributed by atoms with Crippen molar-refractivity contribution in [2.45, 2.75) is 0 Å². The molecule has 0 bridgehead atoms. The first-order chi connectivity index (χ1) is 8.95. The fourth-order valence-corrected chi connectivity index (χ4v) is 66.4. The van der Waals surface area contributed by atoms with Crippen molar-refractivity contribution in [1.82, 2.24) is 0 Å². The van der Waals surface area contributed by atoms with Crippen LogP contribution in [0.2, 0.25) is 0 Å². The van der Waals surface area contributed by atoms with Gasteiger partial charge in [-0.1, -0.05) is 0 Å². The Morgan fingerprint density at radius 2 is 1.06 bits per heavy atom. The molecular formula is C10H8S4Se4. The van der Waals surface area contributed by atoms with Gasteiger partial charge in [0.25, 0.3) is 0 Å². The predicted octanol–water partition coefficient (Wildman–Crippen LogP) is 2.17. The average molecular weight is 572 g/mol. The molecule has 1 saturated heterocycles. The standard InChI is InChI=1S/C10H8S4Se4/c1-3-13-8-6(11-1)5(10-15-17-18-16-10)7-9(8)14-4-2-12-7/h1-4H2. The second kappa shape index (κ2) is 6.44. The summed E-state index contributed by atoms with van der Waals surface area (Å²) in [6, 6.07) is 0. The molecule has 4 rings (SSSR count). The van der Waals surface area contributed by atoms with Crippen LogP contribution in [0, 0.1) is 0 Å². The summed E-state index contributed by atoms with van der Waals surface area (Å²) >= 11 is 12.5. The number of allylic oxidation sites excluding steroid dienone is 2. The molecule has 3 heterocycles. The summed E-state index contributed by atoms with van der Waals surface area (Å²) in [6.45, 7) is 0. The van der Waals surface area contributed by atoms with E-state index in [9.17, 15) is 0 Å². The van der Waals surface area contributed by atoms with E-state index in [1.807, 2.05) is 3.37 Å². The molecule has 0 aromatic heterocycles. The van der Waals surface area contributed by atoms with E-state index in [1.54, 1.807) is 25.2 Å².